The smallest absolute Gasteiger partial charge is 0.415 e. The van der Waals surface area contributed by atoms with E-state index in [1.165, 1.54) is 27.7 Å². The molecule has 0 aromatic carbocycles. The second-order valence-electron chi connectivity index (χ2n) is 5.91. The topological polar surface area (TPSA) is 70.1 Å². The van der Waals surface area contributed by atoms with Gasteiger partial charge in [-0.3, -0.25) is 4.90 Å². The van der Waals surface area contributed by atoms with E-state index in [0.717, 1.165) is 0 Å². The minimum absolute atomic E-state index is 0.174. The number of carbonyl (C=O) groups excluding carboxylic acids is 1. The van der Waals surface area contributed by atoms with Crippen molar-refractivity contribution in [2.24, 2.45) is 0 Å². The molecular weight excluding hydrogens is 292 g/mol. The zero-order valence-corrected chi connectivity index (χ0v) is 13.9. The summed E-state index contributed by atoms with van der Waals surface area (Å²) in [5.74, 6) is -1.01. The highest BCUT2D eigenvalue weighted by atomic mass is 32.1. The predicted molar refractivity (Wildman–Crippen MR) is 83.4 cm³/mol. The number of hydrogen-bond acceptors (Lipinski definition) is 5. The van der Waals surface area contributed by atoms with Crippen LogP contribution < -0.4 is 4.90 Å². The summed E-state index contributed by atoms with van der Waals surface area (Å²) in [7, 11) is 3.81. The number of rotatable bonds is 5. The predicted octanol–water partition coefficient (Wildman–Crippen LogP) is 2.75. The van der Waals surface area contributed by atoms with E-state index in [2.05, 4.69) is 0 Å². The standard InChI is InChI=1S/C14H22N2O4S/c1-14(2,3)20-13(19)16(7-6-15(4)5)11-8-10(9-21-11)12(17)18/h8-9H,6-7H2,1-5H3,(H,17,18). The second-order valence-corrected chi connectivity index (χ2v) is 6.80. The van der Waals surface area contributed by atoms with Gasteiger partial charge in [-0.15, -0.1) is 11.3 Å². The van der Waals surface area contributed by atoms with Gasteiger partial charge in [-0.05, 0) is 40.9 Å². The van der Waals surface area contributed by atoms with Crippen LogP contribution in [0.2, 0.25) is 0 Å². The molecule has 1 N–H and O–H groups in total. The Morgan fingerprint density at radius 1 is 1.29 bits per heavy atom. The maximum atomic E-state index is 12.3. The normalized spacial score (nSPS) is 11.5. The summed E-state index contributed by atoms with van der Waals surface area (Å²) in [5.41, 5.74) is -0.422. The molecule has 21 heavy (non-hydrogen) atoms. The van der Waals surface area contributed by atoms with Gasteiger partial charge in [-0.1, -0.05) is 0 Å². The molecule has 0 spiro atoms. The molecule has 1 rings (SSSR count). The van der Waals surface area contributed by atoms with Crippen molar-refractivity contribution in [3.63, 3.8) is 0 Å². The average Bonchev–Trinajstić information content (AvgIpc) is 2.75. The van der Waals surface area contributed by atoms with E-state index < -0.39 is 17.7 Å². The third-order valence-electron chi connectivity index (χ3n) is 2.48. The first-order valence-electron chi connectivity index (χ1n) is 6.57. The monoisotopic (exact) mass is 314 g/mol. The molecule has 0 aliphatic carbocycles. The van der Waals surface area contributed by atoms with Crippen LogP contribution in [-0.2, 0) is 4.74 Å². The van der Waals surface area contributed by atoms with Crippen molar-refractivity contribution in [2.45, 2.75) is 26.4 Å². The Balaban J connectivity index is 2.94. The number of nitrogens with zero attached hydrogens (tertiary/aromatic N) is 2. The van der Waals surface area contributed by atoms with E-state index in [9.17, 15) is 9.59 Å². The van der Waals surface area contributed by atoms with Crippen LogP contribution in [0.3, 0.4) is 0 Å². The molecule has 1 amide bonds. The first kappa shape index (κ1) is 17.5. The fourth-order valence-electron chi connectivity index (χ4n) is 1.49. The van der Waals surface area contributed by atoms with Crippen LogP contribution in [0.1, 0.15) is 31.1 Å². The summed E-state index contributed by atoms with van der Waals surface area (Å²) >= 11 is 1.22. The van der Waals surface area contributed by atoms with Crippen molar-refractivity contribution in [2.75, 3.05) is 32.1 Å². The second kappa shape index (κ2) is 6.91. The summed E-state index contributed by atoms with van der Waals surface area (Å²) in [6.45, 7) is 6.48. The van der Waals surface area contributed by atoms with Crippen LogP contribution in [0.25, 0.3) is 0 Å². The number of ether oxygens (including phenoxy) is 1. The van der Waals surface area contributed by atoms with Gasteiger partial charge in [0.25, 0.3) is 0 Å². The number of anilines is 1. The van der Waals surface area contributed by atoms with Gasteiger partial charge in [-0.2, -0.15) is 0 Å². The Morgan fingerprint density at radius 2 is 1.90 bits per heavy atom. The Kier molecular flexibility index (Phi) is 5.74. The van der Waals surface area contributed by atoms with Crippen molar-refractivity contribution in [3.05, 3.63) is 17.0 Å². The van der Waals surface area contributed by atoms with E-state index in [0.29, 0.717) is 18.1 Å². The van der Waals surface area contributed by atoms with E-state index in [4.69, 9.17) is 9.84 Å². The van der Waals surface area contributed by atoms with Gasteiger partial charge in [-0.25, -0.2) is 9.59 Å². The zero-order chi connectivity index (χ0) is 16.2. The molecule has 0 saturated heterocycles. The number of carboxylic acid groups (broad SMARTS) is 1. The maximum absolute atomic E-state index is 12.3. The molecule has 118 valence electrons. The van der Waals surface area contributed by atoms with Crippen LogP contribution in [0, 0.1) is 0 Å². The molecule has 6 nitrogen and oxygen atoms in total. The summed E-state index contributed by atoms with van der Waals surface area (Å²) in [4.78, 5) is 26.7. The molecule has 0 aliphatic heterocycles. The van der Waals surface area contributed by atoms with Gasteiger partial charge in [0.1, 0.15) is 10.6 Å². The van der Waals surface area contributed by atoms with Gasteiger partial charge in [0.05, 0.1) is 5.56 Å². The molecule has 1 aromatic heterocycles. The van der Waals surface area contributed by atoms with Gasteiger partial charge >= 0.3 is 12.1 Å². The quantitative estimate of drug-likeness (QED) is 0.905. The lowest BCUT2D eigenvalue weighted by Gasteiger charge is -2.27. The maximum Gasteiger partial charge on any atom is 0.415 e. The highest BCUT2D eigenvalue weighted by Gasteiger charge is 2.25. The number of aromatic carboxylic acids is 1. The third kappa shape index (κ3) is 5.73. The molecule has 0 atom stereocenters. The van der Waals surface area contributed by atoms with E-state index >= 15 is 0 Å². The van der Waals surface area contributed by atoms with E-state index in [1.807, 2.05) is 19.0 Å². The minimum Gasteiger partial charge on any atom is -0.478 e. The Bertz CT molecular complexity index is 505. The van der Waals surface area contributed by atoms with Gasteiger partial charge in [0, 0.05) is 18.5 Å². The molecule has 0 radical (unpaired) electrons. The molecule has 1 aromatic rings. The number of carboxylic acids is 1. The Morgan fingerprint density at radius 3 is 2.33 bits per heavy atom. The summed E-state index contributed by atoms with van der Waals surface area (Å²) in [6, 6.07) is 1.49. The fourth-order valence-corrected chi connectivity index (χ4v) is 2.39. The lowest BCUT2D eigenvalue weighted by atomic mass is 10.2. The van der Waals surface area contributed by atoms with Crippen molar-refractivity contribution in [1.29, 1.82) is 0 Å². The van der Waals surface area contributed by atoms with Crippen molar-refractivity contribution in [1.82, 2.24) is 4.90 Å². The zero-order valence-electron chi connectivity index (χ0n) is 13.0. The van der Waals surface area contributed by atoms with E-state index in [1.54, 1.807) is 20.8 Å². The lowest BCUT2D eigenvalue weighted by Crippen LogP contribution is -2.40. The number of hydrogen-bond donors (Lipinski definition) is 1. The van der Waals surface area contributed by atoms with E-state index in [-0.39, 0.29) is 5.56 Å². The molecule has 0 saturated carbocycles. The first-order valence-corrected chi connectivity index (χ1v) is 7.45. The number of carbonyl (C=O) groups is 2. The van der Waals surface area contributed by atoms with Crippen LogP contribution in [-0.4, -0.2) is 54.9 Å². The molecule has 0 unspecified atom stereocenters. The lowest BCUT2D eigenvalue weighted by molar-refractivity contribution is 0.0577. The molecule has 0 aliphatic rings. The first-order chi connectivity index (χ1) is 9.60. The number of likely N-dealkylation sites (N-methyl/N-ethyl adjacent to an activating group) is 1. The average molecular weight is 314 g/mol. The number of thiophene rings is 1. The molecule has 0 bridgehead atoms. The summed E-state index contributed by atoms with van der Waals surface area (Å²) in [6.07, 6.45) is -0.469. The van der Waals surface area contributed by atoms with Gasteiger partial charge < -0.3 is 14.7 Å². The van der Waals surface area contributed by atoms with Crippen LogP contribution in [0.5, 0.6) is 0 Å². The Hall–Kier alpha value is -1.60. The van der Waals surface area contributed by atoms with Gasteiger partial charge in [0.2, 0.25) is 0 Å². The number of amides is 1. The third-order valence-corrected chi connectivity index (χ3v) is 3.43. The molecular formula is C14H22N2O4S. The molecule has 1 heterocycles. The molecule has 0 fully saturated rings. The molecule has 7 heteroatoms. The Labute approximate surface area is 128 Å². The highest BCUT2D eigenvalue weighted by Crippen LogP contribution is 2.26. The highest BCUT2D eigenvalue weighted by molar-refractivity contribution is 7.14. The van der Waals surface area contributed by atoms with Gasteiger partial charge in [0.15, 0.2) is 0 Å². The van der Waals surface area contributed by atoms with Crippen LogP contribution >= 0.6 is 11.3 Å². The van der Waals surface area contributed by atoms with Crippen molar-refractivity contribution in [3.8, 4) is 0 Å². The summed E-state index contributed by atoms with van der Waals surface area (Å²) < 4.78 is 5.38. The van der Waals surface area contributed by atoms with Crippen LogP contribution in [0.4, 0.5) is 9.80 Å². The fraction of sp³-hybridized carbons (Fsp3) is 0.571. The van der Waals surface area contributed by atoms with Crippen molar-refractivity contribution >= 4 is 28.4 Å². The summed E-state index contributed by atoms with van der Waals surface area (Å²) in [5, 5.41) is 11.1. The largest absolute Gasteiger partial charge is 0.478 e. The SMILES string of the molecule is CN(C)CCN(C(=O)OC(C)(C)C)c1cc(C(=O)O)cs1. The van der Waals surface area contributed by atoms with Crippen molar-refractivity contribution < 1.29 is 19.4 Å². The minimum atomic E-state index is -1.01. The van der Waals surface area contributed by atoms with Crippen LogP contribution in [0.15, 0.2) is 11.4 Å².